The van der Waals surface area contributed by atoms with Crippen LogP contribution in [0.1, 0.15) is 26.7 Å². The van der Waals surface area contributed by atoms with Gasteiger partial charge in [-0.3, -0.25) is 9.59 Å². The largest absolute Gasteiger partial charge is 0.343 e. The van der Waals surface area contributed by atoms with Crippen molar-refractivity contribution in [2.24, 2.45) is 0 Å². The van der Waals surface area contributed by atoms with E-state index < -0.39 is 0 Å². The third-order valence-corrected chi connectivity index (χ3v) is 2.41. The zero-order chi connectivity index (χ0) is 10.0. The molecule has 0 saturated carbocycles. The second-order valence-electron chi connectivity index (χ2n) is 3.48. The molecule has 0 aromatic carbocycles. The number of nitrogens with one attached hydrogen (secondary N) is 1. The van der Waals surface area contributed by atoms with Crippen LogP contribution in [0, 0.1) is 0 Å². The van der Waals surface area contributed by atoms with Crippen molar-refractivity contribution < 1.29 is 9.59 Å². The summed E-state index contributed by atoms with van der Waals surface area (Å²) < 4.78 is 0. The summed E-state index contributed by atoms with van der Waals surface area (Å²) in [5.74, 6) is -0.0329. The topological polar surface area (TPSA) is 49.4 Å². The molecule has 0 aromatic rings. The molecule has 2 atom stereocenters. The summed E-state index contributed by atoms with van der Waals surface area (Å²) in [6, 6.07) is -0.640. The van der Waals surface area contributed by atoms with E-state index in [0.717, 1.165) is 12.8 Å². The first kappa shape index (κ1) is 10.0. The van der Waals surface area contributed by atoms with Crippen molar-refractivity contribution in [2.75, 3.05) is 7.05 Å². The second-order valence-corrected chi connectivity index (χ2v) is 3.48. The molecule has 0 spiro atoms. The molecule has 2 unspecified atom stereocenters. The van der Waals surface area contributed by atoms with E-state index in [0.29, 0.717) is 0 Å². The number of hydrogen-bond donors (Lipinski definition) is 1. The molecule has 1 fully saturated rings. The lowest BCUT2D eigenvalue weighted by molar-refractivity contribution is -0.147. The number of rotatable bonds is 2. The lowest BCUT2D eigenvalue weighted by Crippen LogP contribution is -2.60. The van der Waals surface area contributed by atoms with Gasteiger partial charge in [-0.15, -0.1) is 0 Å². The average Bonchev–Trinajstić information content (AvgIpc) is 2.09. The van der Waals surface area contributed by atoms with Gasteiger partial charge in [0.05, 0.1) is 0 Å². The van der Waals surface area contributed by atoms with E-state index in [1.54, 1.807) is 18.9 Å². The van der Waals surface area contributed by atoms with Gasteiger partial charge in [0.15, 0.2) is 0 Å². The first-order valence-corrected chi connectivity index (χ1v) is 4.65. The van der Waals surface area contributed by atoms with E-state index in [4.69, 9.17) is 0 Å². The number of carbonyl (C=O) groups is 2. The van der Waals surface area contributed by atoms with Crippen molar-refractivity contribution >= 4 is 11.8 Å². The predicted octanol–water partition coefficient (Wildman–Crippen LogP) is 0.132. The monoisotopic (exact) mass is 184 g/mol. The summed E-state index contributed by atoms with van der Waals surface area (Å²) >= 11 is 0. The fourth-order valence-corrected chi connectivity index (χ4v) is 1.60. The highest BCUT2D eigenvalue weighted by Gasteiger charge is 2.35. The van der Waals surface area contributed by atoms with Crippen LogP contribution in [0.5, 0.6) is 0 Å². The average molecular weight is 184 g/mol. The highest BCUT2D eigenvalue weighted by Crippen LogP contribution is 2.11. The fourth-order valence-electron chi connectivity index (χ4n) is 1.60. The number of amides is 2. The molecule has 1 saturated heterocycles. The van der Waals surface area contributed by atoms with E-state index >= 15 is 0 Å². The summed E-state index contributed by atoms with van der Waals surface area (Å²) in [6.07, 6.45) is 1.64. The van der Waals surface area contributed by atoms with Crippen molar-refractivity contribution in [2.45, 2.75) is 38.8 Å². The number of piperazine rings is 1. The second kappa shape index (κ2) is 3.77. The van der Waals surface area contributed by atoms with Crippen LogP contribution in [-0.4, -0.2) is 35.8 Å². The molecule has 1 heterocycles. The van der Waals surface area contributed by atoms with Crippen LogP contribution in [0.4, 0.5) is 0 Å². The predicted molar refractivity (Wildman–Crippen MR) is 49.1 cm³/mol. The fraction of sp³-hybridized carbons (Fsp3) is 0.778. The van der Waals surface area contributed by atoms with Crippen molar-refractivity contribution in [3.8, 4) is 0 Å². The smallest absolute Gasteiger partial charge is 0.245 e. The van der Waals surface area contributed by atoms with E-state index in [-0.39, 0.29) is 23.9 Å². The van der Waals surface area contributed by atoms with Crippen LogP contribution >= 0.6 is 0 Å². The van der Waals surface area contributed by atoms with Crippen LogP contribution in [-0.2, 0) is 9.59 Å². The van der Waals surface area contributed by atoms with Crippen molar-refractivity contribution in [3.63, 3.8) is 0 Å². The summed E-state index contributed by atoms with van der Waals surface area (Å²) in [5.41, 5.74) is 0. The Labute approximate surface area is 78.3 Å². The molecule has 1 N–H and O–H groups in total. The van der Waals surface area contributed by atoms with Gasteiger partial charge in [-0.1, -0.05) is 13.3 Å². The number of hydrogen-bond acceptors (Lipinski definition) is 2. The number of nitrogens with zero attached hydrogens (tertiary/aromatic N) is 1. The Hall–Kier alpha value is -1.06. The maximum atomic E-state index is 11.5. The molecule has 0 aliphatic carbocycles. The summed E-state index contributed by atoms with van der Waals surface area (Å²) in [5, 5.41) is 2.66. The third kappa shape index (κ3) is 1.82. The lowest BCUT2D eigenvalue weighted by Gasteiger charge is -2.35. The first-order chi connectivity index (χ1) is 6.07. The van der Waals surface area contributed by atoms with Crippen LogP contribution < -0.4 is 5.32 Å². The maximum Gasteiger partial charge on any atom is 0.245 e. The van der Waals surface area contributed by atoms with Crippen LogP contribution in [0.25, 0.3) is 0 Å². The summed E-state index contributed by atoms with van der Waals surface area (Å²) in [4.78, 5) is 24.5. The van der Waals surface area contributed by atoms with Crippen molar-refractivity contribution in [1.29, 1.82) is 0 Å². The van der Waals surface area contributed by atoms with Crippen molar-refractivity contribution in [3.05, 3.63) is 0 Å². The van der Waals surface area contributed by atoms with Gasteiger partial charge in [0.1, 0.15) is 12.1 Å². The molecular formula is C9H16N2O2. The molecule has 74 valence electrons. The molecule has 0 aromatic heterocycles. The Kier molecular flexibility index (Phi) is 2.90. The van der Waals surface area contributed by atoms with Crippen LogP contribution in [0.3, 0.4) is 0 Å². The van der Waals surface area contributed by atoms with Gasteiger partial charge in [-0.25, -0.2) is 0 Å². The molecule has 4 heteroatoms. The van der Waals surface area contributed by atoms with Gasteiger partial charge in [-0.2, -0.15) is 0 Å². The van der Waals surface area contributed by atoms with E-state index in [1.807, 2.05) is 6.92 Å². The molecule has 1 rings (SSSR count). The highest BCUT2D eigenvalue weighted by atomic mass is 16.2. The minimum atomic E-state index is -0.370. The quantitative estimate of drug-likeness (QED) is 0.663. The Morgan fingerprint density at radius 1 is 1.46 bits per heavy atom. The molecule has 1 aliphatic heterocycles. The molecule has 0 bridgehead atoms. The van der Waals surface area contributed by atoms with Gasteiger partial charge < -0.3 is 10.2 Å². The minimum absolute atomic E-state index is 0.00181. The van der Waals surface area contributed by atoms with E-state index in [2.05, 4.69) is 5.32 Å². The normalized spacial score (nSPS) is 29.0. The zero-order valence-corrected chi connectivity index (χ0v) is 8.33. The van der Waals surface area contributed by atoms with Gasteiger partial charge in [-0.05, 0) is 13.3 Å². The number of likely N-dealkylation sites (N-methyl/N-ethyl adjacent to an activating group) is 1. The first-order valence-electron chi connectivity index (χ1n) is 4.65. The molecule has 13 heavy (non-hydrogen) atoms. The molecular weight excluding hydrogens is 168 g/mol. The minimum Gasteiger partial charge on any atom is -0.343 e. The van der Waals surface area contributed by atoms with Gasteiger partial charge >= 0.3 is 0 Å². The van der Waals surface area contributed by atoms with Gasteiger partial charge in [0, 0.05) is 7.05 Å². The van der Waals surface area contributed by atoms with Gasteiger partial charge in [0.25, 0.3) is 0 Å². The SMILES string of the molecule is CCCC1C(=O)NC(C)C(=O)N1C. The van der Waals surface area contributed by atoms with Crippen LogP contribution in [0.2, 0.25) is 0 Å². The molecule has 4 nitrogen and oxygen atoms in total. The molecule has 2 amide bonds. The lowest BCUT2D eigenvalue weighted by atomic mass is 10.1. The zero-order valence-electron chi connectivity index (χ0n) is 8.33. The standard InChI is InChI=1S/C9H16N2O2/c1-4-5-7-8(12)10-6(2)9(13)11(7)3/h6-7H,4-5H2,1-3H3,(H,10,12). The summed E-state index contributed by atoms with van der Waals surface area (Å²) in [6.45, 7) is 3.71. The number of carbonyl (C=O) groups excluding carboxylic acids is 2. The maximum absolute atomic E-state index is 11.5. The third-order valence-electron chi connectivity index (χ3n) is 2.41. The highest BCUT2D eigenvalue weighted by molar-refractivity contribution is 5.96. The van der Waals surface area contributed by atoms with Gasteiger partial charge in [0.2, 0.25) is 11.8 Å². The molecule has 1 aliphatic rings. The Bertz CT molecular complexity index is 228. The van der Waals surface area contributed by atoms with E-state index in [9.17, 15) is 9.59 Å². The summed E-state index contributed by atoms with van der Waals surface area (Å²) in [7, 11) is 1.69. The Morgan fingerprint density at radius 3 is 2.62 bits per heavy atom. The van der Waals surface area contributed by atoms with Crippen LogP contribution in [0.15, 0.2) is 0 Å². The Balaban J connectivity index is 2.73. The van der Waals surface area contributed by atoms with Crippen molar-refractivity contribution in [1.82, 2.24) is 10.2 Å². The van der Waals surface area contributed by atoms with E-state index in [1.165, 1.54) is 0 Å². The molecule has 0 radical (unpaired) electrons. The Morgan fingerprint density at radius 2 is 2.08 bits per heavy atom.